The van der Waals surface area contributed by atoms with Gasteiger partial charge >= 0.3 is 0 Å². The van der Waals surface area contributed by atoms with Crippen LogP contribution in [0.15, 0.2) is 66.3 Å². The van der Waals surface area contributed by atoms with Crippen LogP contribution in [-0.4, -0.2) is 15.5 Å². The number of thiophene rings is 1. The SMILES string of the molecule is Cc1cccc(-n2cnc3cc(C(=O)NCc4cccs4)ccc32)c1. The zero-order valence-corrected chi connectivity index (χ0v) is 14.6. The van der Waals surface area contributed by atoms with E-state index in [0.29, 0.717) is 12.1 Å². The first-order chi connectivity index (χ1) is 12.2. The summed E-state index contributed by atoms with van der Waals surface area (Å²) >= 11 is 1.63. The van der Waals surface area contributed by atoms with E-state index in [9.17, 15) is 4.79 Å². The van der Waals surface area contributed by atoms with E-state index in [0.717, 1.165) is 21.6 Å². The third kappa shape index (κ3) is 3.19. The van der Waals surface area contributed by atoms with Gasteiger partial charge < -0.3 is 5.32 Å². The molecule has 4 rings (SSSR count). The van der Waals surface area contributed by atoms with Crippen molar-refractivity contribution in [1.82, 2.24) is 14.9 Å². The molecule has 25 heavy (non-hydrogen) atoms. The van der Waals surface area contributed by atoms with Crippen molar-refractivity contribution in [3.8, 4) is 5.69 Å². The number of rotatable bonds is 4. The lowest BCUT2D eigenvalue weighted by atomic mass is 10.1. The molecular weight excluding hydrogens is 330 g/mol. The van der Waals surface area contributed by atoms with Gasteiger partial charge in [0.1, 0.15) is 6.33 Å². The summed E-state index contributed by atoms with van der Waals surface area (Å²) in [6, 6.07) is 17.9. The predicted octanol–water partition coefficient (Wildman–Crippen LogP) is 4.33. The van der Waals surface area contributed by atoms with Crippen LogP contribution in [0.1, 0.15) is 20.8 Å². The van der Waals surface area contributed by atoms with E-state index in [1.165, 1.54) is 5.56 Å². The summed E-state index contributed by atoms with van der Waals surface area (Å²) in [7, 11) is 0. The fourth-order valence-electron chi connectivity index (χ4n) is 2.82. The number of aryl methyl sites for hydroxylation is 1. The Morgan fingerprint density at radius 2 is 2.08 bits per heavy atom. The molecule has 0 aliphatic carbocycles. The minimum absolute atomic E-state index is 0.0830. The fourth-order valence-corrected chi connectivity index (χ4v) is 3.46. The van der Waals surface area contributed by atoms with Gasteiger partial charge in [0.2, 0.25) is 0 Å². The molecule has 124 valence electrons. The second kappa shape index (κ2) is 6.53. The highest BCUT2D eigenvalue weighted by Crippen LogP contribution is 2.20. The number of aromatic nitrogens is 2. The van der Waals surface area contributed by atoms with Crippen LogP contribution in [0, 0.1) is 6.92 Å². The number of hydrogen-bond acceptors (Lipinski definition) is 3. The molecule has 0 fully saturated rings. The fraction of sp³-hybridized carbons (Fsp3) is 0.100. The summed E-state index contributed by atoms with van der Waals surface area (Å²) in [4.78, 5) is 18.0. The lowest BCUT2D eigenvalue weighted by molar-refractivity contribution is 0.0951. The van der Waals surface area contributed by atoms with Crippen molar-refractivity contribution >= 4 is 28.3 Å². The average Bonchev–Trinajstić information content (AvgIpc) is 3.28. The van der Waals surface area contributed by atoms with E-state index in [1.54, 1.807) is 17.7 Å². The molecule has 0 atom stereocenters. The van der Waals surface area contributed by atoms with Crippen molar-refractivity contribution in [2.75, 3.05) is 0 Å². The first kappa shape index (κ1) is 15.6. The second-order valence-electron chi connectivity index (χ2n) is 5.92. The number of nitrogens with one attached hydrogen (secondary N) is 1. The molecule has 1 N–H and O–H groups in total. The van der Waals surface area contributed by atoms with Crippen molar-refractivity contribution in [3.63, 3.8) is 0 Å². The summed E-state index contributed by atoms with van der Waals surface area (Å²) in [5, 5.41) is 4.95. The zero-order chi connectivity index (χ0) is 17.2. The highest BCUT2D eigenvalue weighted by Gasteiger charge is 2.10. The first-order valence-electron chi connectivity index (χ1n) is 8.05. The average molecular weight is 347 g/mol. The molecular formula is C20H17N3OS. The van der Waals surface area contributed by atoms with Crippen LogP contribution in [0.3, 0.4) is 0 Å². The standard InChI is InChI=1S/C20H17N3OS/c1-14-4-2-5-16(10-14)23-13-22-18-11-15(7-8-19(18)23)20(24)21-12-17-6-3-9-25-17/h2-11,13H,12H2,1H3,(H,21,24). The monoisotopic (exact) mass is 347 g/mol. The molecule has 4 aromatic rings. The van der Waals surface area contributed by atoms with Crippen LogP contribution < -0.4 is 5.32 Å². The Hall–Kier alpha value is -2.92. The van der Waals surface area contributed by atoms with Crippen LogP contribution in [0.2, 0.25) is 0 Å². The lowest BCUT2D eigenvalue weighted by Gasteiger charge is -2.06. The van der Waals surface area contributed by atoms with Crippen LogP contribution in [-0.2, 0) is 6.54 Å². The summed E-state index contributed by atoms with van der Waals surface area (Å²) in [5.41, 5.74) is 4.69. The van der Waals surface area contributed by atoms with Crippen molar-refractivity contribution in [1.29, 1.82) is 0 Å². The smallest absolute Gasteiger partial charge is 0.251 e. The number of carbonyl (C=O) groups excluding carboxylic acids is 1. The molecule has 0 bridgehead atoms. The van der Waals surface area contributed by atoms with E-state index < -0.39 is 0 Å². The van der Waals surface area contributed by atoms with Crippen LogP contribution >= 0.6 is 11.3 Å². The van der Waals surface area contributed by atoms with Crippen molar-refractivity contribution in [2.24, 2.45) is 0 Å². The van der Waals surface area contributed by atoms with Gasteiger partial charge in [0, 0.05) is 16.1 Å². The molecule has 4 nitrogen and oxygen atoms in total. The number of fused-ring (bicyclic) bond motifs is 1. The molecule has 0 aliphatic heterocycles. The van der Waals surface area contributed by atoms with Gasteiger partial charge in [0.15, 0.2) is 0 Å². The number of benzene rings is 2. The molecule has 1 amide bonds. The van der Waals surface area contributed by atoms with E-state index in [1.807, 2.05) is 46.3 Å². The highest BCUT2D eigenvalue weighted by molar-refractivity contribution is 7.09. The molecule has 2 aromatic carbocycles. The van der Waals surface area contributed by atoms with Gasteiger partial charge in [0.05, 0.1) is 17.6 Å². The van der Waals surface area contributed by atoms with Crippen LogP contribution in [0.4, 0.5) is 0 Å². The summed E-state index contributed by atoms with van der Waals surface area (Å²) in [6.45, 7) is 2.62. The normalized spacial score (nSPS) is 10.9. The number of amides is 1. The zero-order valence-electron chi connectivity index (χ0n) is 13.8. The van der Waals surface area contributed by atoms with E-state index in [-0.39, 0.29) is 5.91 Å². The molecule has 2 aromatic heterocycles. The minimum atomic E-state index is -0.0830. The molecule has 5 heteroatoms. The van der Waals surface area contributed by atoms with E-state index in [2.05, 4.69) is 35.4 Å². The number of imidazole rings is 1. The second-order valence-corrected chi connectivity index (χ2v) is 6.95. The number of nitrogens with zero attached hydrogens (tertiary/aromatic N) is 2. The Labute approximate surface area is 149 Å². The van der Waals surface area contributed by atoms with Gasteiger partial charge in [-0.1, -0.05) is 18.2 Å². The van der Waals surface area contributed by atoms with Gasteiger partial charge in [-0.2, -0.15) is 0 Å². The Kier molecular flexibility index (Phi) is 4.07. The Bertz CT molecular complexity index is 1030. The third-order valence-electron chi connectivity index (χ3n) is 4.09. The maximum absolute atomic E-state index is 12.4. The number of carbonyl (C=O) groups is 1. The summed E-state index contributed by atoms with van der Waals surface area (Å²) in [5.74, 6) is -0.0830. The molecule has 0 spiro atoms. The maximum Gasteiger partial charge on any atom is 0.251 e. The first-order valence-corrected chi connectivity index (χ1v) is 8.93. The van der Waals surface area contributed by atoms with Gasteiger partial charge in [-0.3, -0.25) is 9.36 Å². The van der Waals surface area contributed by atoms with Gasteiger partial charge in [0.25, 0.3) is 5.91 Å². The molecule has 0 saturated carbocycles. The van der Waals surface area contributed by atoms with E-state index in [4.69, 9.17) is 0 Å². The quantitative estimate of drug-likeness (QED) is 0.597. The van der Waals surface area contributed by atoms with Gasteiger partial charge in [-0.05, 0) is 54.3 Å². The number of hydrogen-bond donors (Lipinski definition) is 1. The summed E-state index contributed by atoms with van der Waals surface area (Å²) in [6.07, 6.45) is 1.80. The maximum atomic E-state index is 12.4. The molecule has 0 radical (unpaired) electrons. The minimum Gasteiger partial charge on any atom is -0.347 e. The van der Waals surface area contributed by atoms with Crippen LogP contribution in [0.5, 0.6) is 0 Å². The molecule has 0 saturated heterocycles. The molecule has 2 heterocycles. The topological polar surface area (TPSA) is 46.9 Å². The molecule has 0 unspecified atom stereocenters. The largest absolute Gasteiger partial charge is 0.347 e. The lowest BCUT2D eigenvalue weighted by Crippen LogP contribution is -2.22. The van der Waals surface area contributed by atoms with Gasteiger partial charge in [-0.25, -0.2) is 4.98 Å². The van der Waals surface area contributed by atoms with Crippen LogP contribution in [0.25, 0.3) is 16.7 Å². The summed E-state index contributed by atoms with van der Waals surface area (Å²) < 4.78 is 2.04. The van der Waals surface area contributed by atoms with Crippen molar-refractivity contribution in [3.05, 3.63) is 82.3 Å². The molecule has 0 aliphatic rings. The Morgan fingerprint density at radius 3 is 2.88 bits per heavy atom. The van der Waals surface area contributed by atoms with E-state index >= 15 is 0 Å². The van der Waals surface area contributed by atoms with Gasteiger partial charge in [-0.15, -0.1) is 11.3 Å². The predicted molar refractivity (Wildman–Crippen MR) is 101 cm³/mol. The Balaban J connectivity index is 1.60. The third-order valence-corrected chi connectivity index (χ3v) is 4.97. The highest BCUT2D eigenvalue weighted by atomic mass is 32.1. The van der Waals surface area contributed by atoms with Crippen molar-refractivity contribution < 1.29 is 4.79 Å². The van der Waals surface area contributed by atoms with Crippen molar-refractivity contribution in [2.45, 2.75) is 13.5 Å². The Morgan fingerprint density at radius 1 is 1.16 bits per heavy atom.